The summed E-state index contributed by atoms with van der Waals surface area (Å²) in [7, 11) is 1.63. The summed E-state index contributed by atoms with van der Waals surface area (Å²) in [6.07, 6.45) is 2.82. The Morgan fingerprint density at radius 2 is 1.94 bits per heavy atom. The predicted octanol–water partition coefficient (Wildman–Crippen LogP) is 2.79. The number of hydrogen-bond acceptors (Lipinski definition) is 3. The monoisotopic (exact) mass is 243 g/mol. The van der Waals surface area contributed by atoms with Crippen molar-refractivity contribution in [1.82, 2.24) is 4.98 Å². The van der Waals surface area contributed by atoms with Gasteiger partial charge in [-0.1, -0.05) is 12.1 Å². The van der Waals surface area contributed by atoms with Crippen LogP contribution in [0.15, 0.2) is 36.7 Å². The van der Waals surface area contributed by atoms with Crippen molar-refractivity contribution >= 4 is 0 Å². The van der Waals surface area contributed by atoms with Gasteiger partial charge >= 0.3 is 0 Å². The van der Waals surface area contributed by atoms with Crippen LogP contribution in [0.1, 0.15) is 28.4 Å². The van der Waals surface area contributed by atoms with E-state index in [1.54, 1.807) is 19.5 Å². The number of aliphatic hydroxyl groups excluding tert-OH is 1. The maximum absolute atomic E-state index is 10.4. The first-order chi connectivity index (χ1) is 8.61. The molecule has 0 spiro atoms. The summed E-state index contributed by atoms with van der Waals surface area (Å²) in [5.74, 6) is 0.797. The van der Waals surface area contributed by atoms with E-state index in [2.05, 4.69) is 4.98 Å². The number of benzene rings is 1. The van der Waals surface area contributed by atoms with Crippen LogP contribution in [0.3, 0.4) is 0 Å². The van der Waals surface area contributed by atoms with Crippen LogP contribution in [-0.2, 0) is 0 Å². The van der Waals surface area contributed by atoms with E-state index in [9.17, 15) is 5.11 Å². The number of aryl methyl sites for hydroxylation is 2. The quantitative estimate of drug-likeness (QED) is 0.901. The van der Waals surface area contributed by atoms with Gasteiger partial charge in [-0.25, -0.2) is 0 Å². The first kappa shape index (κ1) is 12.6. The molecule has 0 saturated carbocycles. The Balaban J connectivity index is 2.37. The minimum Gasteiger partial charge on any atom is -0.497 e. The summed E-state index contributed by atoms with van der Waals surface area (Å²) in [6.45, 7) is 3.92. The SMILES string of the molecule is COc1ccc(C(O)c2cncc(C)c2)c(C)c1. The van der Waals surface area contributed by atoms with E-state index >= 15 is 0 Å². The summed E-state index contributed by atoms with van der Waals surface area (Å²) >= 11 is 0. The lowest BCUT2D eigenvalue weighted by atomic mass is 9.98. The molecule has 0 aliphatic rings. The average molecular weight is 243 g/mol. The molecule has 0 fully saturated rings. The van der Waals surface area contributed by atoms with Crippen LogP contribution in [0.4, 0.5) is 0 Å². The van der Waals surface area contributed by atoms with Crippen LogP contribution >= 0.6 is 0 Å². The molecule has 0 amide bonds. The third-order valence-electron chi connectivity index (χ3n) is 2.98. The molecule has 0 aliphatic carbocycles. The van der Waals surface area contributed by atoms with E-state index in [1.807, 2.05) is 38.1 Å². The Labute approximate surface area is 107 Å². The molecular formula is C15H17NO2. The van der Waals surface area contributed by atoms with E-state index in [0.717, 1.165) is 28.0 Å². The maximum atomic E-state index is 10.4. The molecular weight excluding hydrogens is 226 g/mol. The fraction of sp³-hybridized carbons (Fsp3) is 0.267. The summed E-state index contributed by atoms with van der Waals surface area (Å²) in [5.41, 5.74) is 3.73. The van der Waals surface area contributed by atoms with Gasteiger partial charge in [-0.3, -0.25) is 4.98 Å². The minimum absolute atomic E-state index is 0.650. The van der Waals surface area contributed by atoms with Gasteiger partial charge in [0.05, 0.1) is 7.11 Å². The van der Waals surface area contributed by atoms with Gasteiger partial charge in [-0.15, -0.1) is 0 Å². The Kier molecular flexibility index (Phi) is 3.63. The normalized spacial score (nSPS) is 12.2. The van der Waals surface area contributed by atoms with Crippen molar-refractivity contribution in [2.24, 2.45) is 0 Å². The molecule has 94 valence electrons. The fourth-order valence-corrected chi connectivity index (χ4v) is 1.99. The highest BCUT2D eigenvalue weighted by Gasteiger charge is 2.13. The van der Waals surface area contributed by atoms with Crippen molar-refractivity contribution in [3.63, 3.8) is 0 Å². The van der Waals surface area contributed by atoms with Gasteiger partial charge in [-0.05, 0) is 42.7 Å². The number of ether oxygens (including phenoxy) is 1. The second kappa shape index (κ2) is 5.19. The molecule has 0 saturated heterocycles. The molecule has 18 heavy (non-hydrogen) atoms. The van der Waals surface area contributed by atoms with Gasteiger partial charge in [0.25, 0.3) is 0 Å². The van der Waals surface area contributed by atoms with Crippen LogP contribution in [0.5, 0.6) is 5.75 Å². The standard InChI is InChI=1S/C15H17NO2/c1-10-6-12(9-16-8-10)15(17)14-5-4-13(18-3)7-11(14)2/h4-9,15,17H,1-3H3. The summed E-state index contributed by atoms with van der Waals surface area (Å²) in [4.78, 5) is 4.11. The van der Waals surface area contributed by atoms with E-state index < -0.39 is 6.10 Å². The maximum Gasteiger partial charge on any atom is 0.119 e. The van der Waals surface area contributed by atoms with E-state index in [4.69, 9.17) is 4.74 Å². The predicted molar refractivity (Wildman–Crippen MR) is 70.8 cm³/mol. The number of aliphatic hydroxyl groups is 1. The minimum atomic E-state index is -0.650. The van der Waals surface area contributed by atoms with Gasteiger partial charge in [0.1, 0.15) is 11.9 Å². The molecule has 3 nitrogen and oxygen atoms in total. The molecule has 1 atom stereocenters. The lowest BCUT2D eigenvalue weighted by Gasteiger charge is -2.15. The molecule has 1 N–H and O–H groups in total. The number of pyridine rings is 1. The molecule has 0 radical (unpaired) electrons. The van der Waals surface area contributed by atoms with Crippen LogP contribution in [-0.4, -0.2) is 17.2 Å². The number of methoxy groups -OCH3 is 1. The van der Waals surface area contributed by atoms with Gasteiger partial charge in [0.2, 0.25) is 0 Å². The van der Waals surface area contributed by atoms with Crippen LogP contribution in [0, 0.1) is 13.8 Å². The van der Waals surface area contributed by atoms with Gasteiger partial charge in [-0.2, -0.15) is 0 Å². The zero-order valence-electron chi connectivity index (χ0n) is 10.8. The Bertz CT molecular complexity index is 552. The molecule has 2 rings (SSSR count). The largest absolute Gasteiger partial charge is 0.497 e. The highest BCUT2D eigenvalue weighted by atomic mass is 16.5. The van der Waals surface area contributed by atoms with Gasteiger partial charge in [0, 0.05) is 18.0 Å². The third kappa shape index (κ3) is 2.51. The van der Waals surface area contributed by atoms with E-state index in [0.29, 0.717) is 0 Å². The van der Waals surface area contributed by atoms with Crippen molar-refractivity contribution in [2.45, 2.75) is 20.0 Å². The molecule has 1 aromatic carbocycles. The van der Waals surface area contributed by atoms with Crippen LogP contribution in [0.2, 0.25) is 0 Å². The van der Waals surface area contributed by atoms with Crippen LogP contribution < -0.4 is 4.74 Å². The molecule has 1 unspecified atom stereocenters. The lowest BCUT2D eigenvalue weighted by Crippen LogP contribution is -2.03. The first-order valence-corrected chi connectivity index (χ1v) is 5.86. The molecule has 0 bridgehead atoms. The highest BCUT2D eigenvalue weighted by Crippen LogP contribution is 2.27. The van der Waals surface area contributed by atoms with Crippen LogP contribution in [0.25, 0.3) is 0 Å². The van der Waals surface area contributed by atoms with E-state index in [1.165, 1.54) is 0 Å². The molecule has 1 heterocycles. The Hall–Kier alpha value is -1.87. The second-order valence-electron chi connectivity index (χ2n) is 4.42. The first-order valence-electron chi connectivity index (χ1n) is 5.86. The van der Waals surface area contributed by atoms with Crippen molar-refractivity contribution in [1.29, 1.82) is 0 Å². The zero-order chi connectivity index (χ0) is 13.1. The fourth-order valence-electron chi connectivity index (χ4n) is 1.99. The average Bonchev–Trinajstić information content (AvgIpc) is 2.37. The molecule has 2 aromatic rings. The number of nitrogens with zero attached hydrogens (tertiary/aromatic N) is 1. The lowest BCUT2D eigenvalue weighted by molar-refractivity contribution is 0.219. The Morgan fingerprint density at radius 3 is 2.56 bits per heavy atom. The Morgan fingerprint density at radius 1 is 1.17 bits per heavy atom. The second-order valence-corrected chi connectivity index (χ2v) is 4.42. The number of hydrogen-bond donors (Lipinski definition) is 1. The number of aromatic nitrogens is 1. The molecule has 1 aromatic heterocycles. The summed E-state index contributed by atoms with van der Waals surface area (Å²) in [5, 5.41) is 10.4. The van der Waals surface area contributed by atoms with Crippen molar-refractivity contribution in [2.75, 3.05) is 7.11 Å². The number of rotatable bonds is 3. The third-order valence-corrected chi connectivity index (χ3v) is 2.98. The summed E-state index contributed by atoms with van der Waals surface area (Å²) in [6, 6.07) is 7.61. The van der Waals surface area contributed by atoms with Crippen molar-refractivity contribution < 1.29 is 9.84 Å². The van der Waals surface area contributed by atoms with Crippen molar-refractivity contribution in [3.8, 4) is 5.75 Å². The molecule has 3 heteroatoms. The smallest absolute Gasteiger partial charge is 0.119 e. The van der Waals surface area contributed by atoms with Crippen molar-refractivity contribution in [3.05, 3.63) is 58.9 Å². The topological polar surface area (TPSA) is 42.4 Å². The van der Waals surface area contributed by atoms with Gasteiger partial charge in [0.15, 0.2) is 0 Å². The molecule has 0 aliphatic heterocycles. The van der Waals surface area contributed by atoms with E-state index in [-0.39, 0.29) is 0 Å². The summed E-state index contributed by atoms with van der Waals surface area (Å²) < 4.78 is 5.16. The van der Waals surface area contributed by atoms with Gasteiger partial charge < -0.3 is 9.84 Å². The zero-order valence-corrected chi connectivity index (χ0v) is 10.8. The highest BCUT2D eigenvalue weighted by molar-refractivity contribution is 5.39.